The van der Waals surface area contributed by atoms with E-state index in [0.717, 1.165) is 15.6 Å². The molecule has 1 fully saturated rings. The fraction of sp³-hybridized carbons (Fsp3) is 0.364. The third kappa shape index (κ3) is 3.29. The van der Waals surface area contributed by atoms with Crippen molar-refractivity contribution in [3.8, 4) is 0 Å². The fourth-order valence-electron chi connectivity index (χ4n) is 4.47. The molecule has 5 heteroatoms. The number of rotatable bonds is 4. The number of carbonyl (C=O) groups excluding carboxylic acids is 2. The van der Waals surface area contributed by atoms with Crippen LogP contribution >= 0.6 is 15.9 Å². The van der Waals surface area contributed by atoms with Crippen molar-refractivity contribution in [2.45, 2.75) is 44.2 Å². The van der Waals surface area contributed by atoms with Crippen molar-refractivity contribution < 1.29 is 9.59 Å². The standard InChI is InChI=1S/C22H23BrN2O2/c1-24-21(26)20-19-12-16(23)10-11-18(19)22(27)25(20)13-15-8-4-5-9-17(15)14-6-2-3-7-14/h4-5,8-12,14,20H,2-3,6-7,13H2,1H3,(H,24,26). The van der Waals surface area contributed by atoms with Gasteiger partial charge in [0.05, 0.1) is 0 Å². The molecule has 4 rings (SSSR count). The molecule has 1 unspecified atom stereocenters. The molecule has 1 aliphatic carbocycles. The summed E-state index contributed by atoms with van der Waals surface area (Å²) in [5.74, 6) is 0.333. The first kappa shape index (κ1) is 18.2. The molecule has 0 aromatic heterocycles. The van der Waals surface area contributed by atoms with Gasteiger partial charge in [0, 0.05) is 23.6 Å². The summed E-state index contributed by atoms with van der Waals surface area (Å²) < 4.78 is 0.871. The van der Waals surface area contributed by atoms with E-state index in [0.29, 0.717) is 18.0 Å². The molecule has 2 aromatic rings. The molecule has 0 saturated heterocycles. The van der Waals surface area contributed by atoms with Gasteiger partial charge in [-0.2, -0.15) is 0 Å². The van der Waals surface area contributed by atoms with Crippen molar-refractivity contribution in [2.75, 3.05) is 7.05 Å². The summed E-state index contributed by atoms with van der Waals surface area (Å²) in [4.78, 5) is 27.5. The lowest BCUT2D eigenvalue weighted by Crippen LogP contribution is -2.37. The molecule has 0 radical (unpaired) electrons. The summed E-state index contributed by atoms with van der Waals surface area (Å²) in [7, 11) is 1.62. The number of benzene rings is 2. The molecule has 0 spiro atoms. The first-order valence-electron chi connectivity index (χ1n) is 9.50. The molecular weight excluding hydrogens is 404 g/mol. The minimum atomic E-state index is -0.591. The largest absolute Gasteiger partial charge is 0.357 e. The quantitative estimate of drug-likeness (QED) is 0.779. The van der Waals surface area contributed by atoms with Crippen LogP contribution < -0.4 is 5.32 Å². The maximum Gasteiger partial charge on any atom is 0.255 e. The van der Waals surface area contributed by atoms with E-state index >= 15 is 0 Å². The van der Waals surface area contributed by atoms with Crippen LogP contribution in [-0.4, -0.2) is 23.8 Å². The highest BCUT2D eigenvalue weighted by atomic mass is 79.9. The summed E-state index contributed by atoms with van der Waals surface area (Å²) in [6.07, 6.45) is 4.94. The van der Waals surface area contributed by atoms with E-state index in [2.05, 4.69) is 39.4 Å². The summed E-state index contributed by atoms with van der Waals surface area (Å²) in [6.45, 7) is 0.454. The predicted molar refractivity (Wildman–Crippen MR) is 108 cm³/mol. The second kappa shape index (κ2) is 7.47. The van der Waals surface area contributed by atoms with Crippen LogP contribution in [0.4, 0.5) is 0 Å². The second-order valence-corrected chi connectivity index (χ2v) is 8.28. The first-order chi connectivity index (χ1) is 13.1. The molecule has 4 nitrogen and oxygen atoms in total. The van der Waals surface area contributed by atoms with Crippen LogP contribution in [0.5, 0.6) is 0 Å². The third-order valence-corrected chi connectivity index (χ3v) is 6.29. The van der Waals surface area contributed by atoms with Gasteiger partial charge in [0.25, 0.3) is 5.91 Å². The Bertz CT molecular complexity index is 890. The average Bonchev–Trinajstić information content (AvgIpc) is 3.29. The molecule has 2 aromatic carbocycles. The molecule has 0 bridgehead atoms. The van der Waals surface area contributed by atoms with Gasteiger partial charge in [-0.25, -0.2) is 0 Å². The summed E-state index contributed by atoms with van der Waals surface area (Å²) in [6, 6.07) is 13.3. The Kier molecular flexibility index (Phi) is 5.04. The minimum absolute atomic E-state index is 0.0766. The van der Waals surface area contributed by atoms with Gasteiger partial charge in [0.2, 0.25) is 5.91 Å². The van der Waals surface area contributed by atoms with Gasteiger partial charge < -0.3 is 10.2 Å². The highest BCUT2D eigenvalue weighted by Crippen LogP contribution is 2.40. The number of likely N-dealkylation sites (N-methyl/N-ethyl adjacent to an activating group) is 1. The smallest absolute Gasteiger partial charge is 0.255 e. The third-order valence-electron chi connectivity index (χ3n) is 5.80. The van der Waals surface area contributed by atoms with Crippen molar-refractivity contribution in [1.29, 1.82) is 0 Å². The number of nitrogens with zero attached hydrogens (tertiary/aromatic N) is 1. The Balaban J connectivity index is 1.71. The lowest BCUT2D eigenvalue weighted by atomic mass is 9.92. The molecule has 2 aliphatic rings. The molecule has 1 saturated carbocycles. The topological polar surface area (TPSA) is 49.4 Å². The van der Waals surface area contributed by atoms with Crippen LogP contribution in [0.25, 0.3) is 0 Å². The zero-order valence-corrected chi connectivity index (χ0v) is 17.0. The molecule has 1 aliphatic heterocycles. The zero-order chi connectivity index (χ0) is 19.0. The summed E-state index contributed by atoms with van der Waals surface area (Å²) in [5, 5.41) is 2.73. The minimum Gasteiger partial charge on any atom is -0.357 e. The Hall–Kier alpha value is -2.14. The van der Waals surface area contributed by atoms with Crippen LogP contribution in [0.1, 0.15) is 64.7 Å². The van der Waals surface area contributed by atoms with E-state index in [1.165, 1.54) is 31.2 Å². The maximum absolute atomic E-state index is 13.1. The SMILES string of the molecule is CNC(=O)C1c2cc(Br)ccc2C(=O)N1Cc1ccccc1C1CCCC1. The van der Waals surface area contributed by atoms with Crippen LogP contribution in [0.15, 0.2) is 46.9 Å². The number of nitrogens with one attached hydrogen (secondary N) is 1. The second-order valence-electron chi connectivity index (χ2n) is 7.36. The van der Waals surface area contributed by atoms with Crippen LogP contribution in [0.3, 0.4) is 0 Å². The molecule has 1 heterocycles. The Labute approximate surface area is 168 Å². The van der Waals surface area contributed by atoms with Crippen molar-refractivity contribution in [3.63, 3.8) is 0 Å². The lowest BCUT2D eigenvalue weighted by Gasteiger charge is -2.26. The molecule has 2 amide bonds. The monoisotopic (exact) mass is 426 g/mol. The number of hydrogen-bond donors (Lipinski definition) is 1. The van der Waals surface area contributed by atoms with E-state index in [1.54, 1.807) is 18.0 Å². The van der Waals surface area contributed by atoms with E-state index in [4.69, 9.17) is 0 Å². The van der Waals surface area contributed by atoms with Crippen LogP contribution in [0, 0.1) is 0 Å². The molecular formula is C22H23BrN2O2. The predicted octanol–water partition coefficient (Wildman–Crippen LogP) is 4.55. The summed E-state index contributed by atoms with van der Waals surface area (Å²) in [5.41, 5.74) is 3.87. The molecule has 1 N–H and O–H groups in total. The zero-order valence-electron chi connectivity index (χ0n) is 15.4. The van der Waals surface area contributed by atoms with Gasteiger partial charge >= 0.3 is 0 Å². The number of hydrogen-bond acceptors (Lipinski definition) is 2. The highest BCUT2D eigenvalue weighted by molar-refractivity contribution is 9.10. The Morgan fingerprint density at radius 3 is 2.63 bits per heavy atom. The van der Waals surface area contributed by atoms with Gasteiger partial charge in [0.15, 0.2) is 0 Å². The van der Waals surface area contributed by atoms with E-state index in [1.807, 2.05) is 18.2 Å². The first-order valence-corrected chi connectivity index (χ1v) is 10.3. The van der Waals surface area contributed by atoms with Gasteiger partial charge in [-0.1, -0.05) is 53.0 Å². The Morgan fingerprint density at radius 1 is 1.15 bits per heavy atom. The number of halogens is 1. The van der Waals surface area contributed by atoms with Gasteiger partial charge in [-0.15, -0.1) is 0 Å². The van der Waals surface area contributed by atoms with E-state index < -0.39 is 6.04 Å². The lowest BCUT2D eigenvalue weighted by molar-refractivity contribution is -0.125. The van der Waals surface area contributed by atoms with Gasteiger partial charge in [-0.3, -0.25) is 9.59 Å². The molecule has 1 atom stereocenters. The van der Waals surface area contributed by atoms with Crippen LogP contribution in [-0.2, 0) is 11.3 Å². The summed E-state index contributed by atoms with van der Waals surface area (Å²) >= 11 is 3.46. The van der Waals surface area contributed by atoms with Gasteiger partial charge in [0.1, 0.15) is 6.04 Å². The number of carbonyl (C=O) groups is 2. The van der Waals surface area contributed by atoms with Gasteiger partial charge in [-0.05, 0) is 53.6 Å². The fourth-order valence-corrected chi connectivity index (χ4v) is 4.85. The van der Waals surface area contributed by atoms with E-state index in [9.17, 15) is 9.59 Å². The number of amides is 2. The highest BCUT2D eigenvalue weighted by Gasteiger charge is 2.41. The Morgan fingerprint density at radius 2 is 1.89 bits per heavy atom. The van der Waals surface area contributed by atoms with Crippen molar-refractivity contribution >= 4 is 27.7 Å². The van der Waals surface area contributed by atoms with Crippen molar-refractivity contribution in [3.05, 3.63) is 69.2 Å². The van der Waals surface area contributed by atoms with E-state index in [-0.39, 0.29) is 11.8 Å². The number of fused-ring (bicyclic) bond motifs is 1. The maximum atomic E-state index is 13.1. The molecule has 27 heavy (non-hydrogen) atoms. The van der Waals surface area contributed by atoms with Crippen molar-refractivity contribution in [1.82, 2.24) is 10.2 Å². The normalized spacial score (nSPS) is 19.4. The van der Waals surface area contributed by atoms with Crippen molar-refractivity contribution in [2.24, 2.45) is 0 Å². The molecule has 140 valence electrons. The average molecular weight is 427 g/mol. The van der Waals surface area contributed by atoms with Crippen LogP contribution in [0.2, 0.25) is 0 Å².